The molecule has 0 spiro atoms. The van der Waals surface area contributed by atoms with Crippen LogP contribution in [0.4, 0.5) is 0 Å². The van der Waals surface area contributed by atoms with Crippen LogP contribution in [0.2, 0.25) is 0 Å². The van der Waals surface area contributed by atoms with Crippen LogP contribution in [0, 0.1) is 0 Å². The van der Waals surface area contributed by atoms with Crippen molar-refractivity contribution in [1.82, 2.24) is 5.32 Å². The zero-order valence-corrected chi connectivity index (χ0v) is 9.84. The largest absolute Gasteiger partial charge is 0.496 e. The Labute approximate surface area is 97.0 Å². The molecule has 1 atom stereocenters. The number of rotatable bonds is 5. The summed E-state index contributed by atoms with van der Waals surface area (Å²) in [6, 6.07) is 0.731. The number of amides is 1. The van der Waals surface area contributed by atoms with Gasteiger partial charge in [-0.3, -0.25) is 4.79 Å². The summed E-state index contributed by atoms with van der Waals surface area (Å²) in [4.78, 5) is 22.8. The third kappa shape index (κ3) is 2.96. The van der Waals surface area contributed by atoms with Gasteiger partial charge >= 0.3 is 5.97 Å². The van der Waals surface area contributed by atoms with Gasteiger partial charge in [0.05, 0.1) is 12.0 Å². The van der Waals surface area contributed by atoms with Gasteiger partial charge in [-0.2, -0.15) is 0 Å². The molecule has 16 heavy (non-hydrogen) atoms. The Balaban J connectivity index is 2.67. The first-order valence-corrected chi connectivity index (χ1v) is 5.62. The number of carboxylic acids is 1. The molecular weight excluding hydrogens is 230 g/mol. The average Bonchev–Trinajstić information content (AvgIpc) is 2.73. The maximum absolute atomic E-state index is 11.6. The van der Waals surface area contributed by atoms with Gasteiger partial charge in [0.1, 0.15) is 11.8 Å². The van der Waals surface area contributed by atoms with Gasteiger partial charge in [-0.05, 0) is 6.42 Å². The number of nitrogens with one attached hydrogen (secondary N) is 1. The lowest BCUT2D eigenvalue weighted by Gasteiger charge is -2.10. The third-order valence-electron chi connectivity index (χ3n) is 2.05. The van der Waals surface area contributed by atoms with Crippen LogP contribution in [0.1, 0.15) is 23.0 Å². The summed E-state index contributed by atoms with van der Waals surface area (Å²) in [7, 11) is 1.51. The summed E-state index contributed by atoms with van der Waals surface area (Å²) in [6.07, 6.45) is 0.351. The first kappa shape index (κ1) is 12.5. The number of methoxy groups -OCH3 is 1. The Morgan fingerprint density at radius 2 is 2.31 bits per heavy atom. The summed E-state index contributed by atoms with van der Waals surface area (Å²) in [5, 5.41) is 12.9. The molecule has 0 unspecified atom stereocenters. The van der Waals surface area contributed by atoms with Crippen molar-refractivity contribution in [3.63, 3.8) is 0 Å². The van der Waals surface area contributed by atoms with E-state index in [1.54, 1.807) is 18.4 Å². The van der Waals surface area contributed by atoms with Crippen molar-refractivity contribution in [1.29, 1.82) is 0 Å². The topological polar surface area (TPSA) is 75.6 Å². The average molecular weight is 243 g/mol. The Morgan fingerprint density at radius 1 is 1.62 bits per heavy atom. The molecule has 5 nitrogen and oxygen atoms in total. The van der Waals surface area contributed by atoms with Crippen LogP contribution in [0.25, 0.3) is 0 Å². The number of carbonyl (C=O) groups is 2. The number of hydrogen-bond acceptors (Lipinski definition) is 4. The molecule has 1 rings (SSSR count). The first-order valence-electron chi connectivity index (χ1n) is 4.74. The minimum absolute atomic E-state index is 0.351. The van der Waals surface area contributed by atoms with Gasteiger partial charge in [0.15, 0.2) is 0 Å². The summed E-state index contributed by atoms with van der Waals surface area (Å²) < 4.78 is 4.94. The highest BCUT2D eigenvalue weighted by Crippen LogP contribution is 2.20. The minimum Gasteiger partial charge on any atom is -0.496 e. The highest BCUT2D eigenvalue weighted by molar-refractivity contribution is 7.12. The van der Waals surface area contributed by atoms with E-state index in [2.05, 4.69) is 5.32 Å². The number of ether oxygens (including phenoxy) is 1. The summed E-state index contributed by atoms with van der Waals surface area (Å²) in [5.41, 5.74) is 0. The molecule has 1 aromatic rings. The summed E-state index contributed by atoms with van der Waals surface area (Å²) in [6.45, 7) is 1.70. The lowest BCUT2D eigenvalue weighted by Crippen LogP contribution is -2.39. The van der Waals surface area contributed by atoms with Crippen LogP contribution < -0.4 is 10.1 Å². The Morgan fingerprint density at radius 3 is 2.75 bits per heavy atom. The van der Waals surface area contributed by atoms with Crippen LogP contribution in [0.15, 0.2) is 11.4 Å². The zero-order chi connectivity index (χ0) is 12.1. The Hall–Kier alpha value is -1.56. The fraction of sp³-hybridized carbons (Fsp3) is 0.400. The van der Waals surface area contributed by atoms with Crippen molar-refractivity contribution in [3.05, 3.63) is 16.3 Å². The molecule has 0 radical (unpaired) electrons. The maximum Gasteiger partial charge on any atom is 0.326 e. The molecule has 1 heterocycles. The summed E-state index contributed by atoms with van der Waals surface area (Å²) >= 11 is 1.22. The van der Waals surface area contributed by atoms with Gasteiger partial charge in [0.2, 0.25) is 0 Å². The second-order valence-corrected chi connectivity index (χ2v) is 4.03. The number of aliphatic carboxylic acids is 1. The van der Waals surface area contributed by atoms with Crippen molar-refractivity contribution in [2.75, 3.05) is 7.11 Å². The van der Waals surface area contributed by atoms with E-state index in [0.29, 0.717) is 17.0 Å². The molecule has 88 valence electrons. The highest BCUT2D eigenvalue weighted by Gasteiger charge is 2.19. The van der Waals surface area contributed by atoms with Crippen LogP contribution >= 0.6 is 11.3 Å². The van der Waals surface area contributed by atoms with Gasteiger partial charge < -0.3 is 15.2 Å². The van der Waals surface area contributed by atoms with Crippen LogP contribution in [-0.4, -0.2) is 30.1 Å². The molecule has 0 saturated carbocycles. The van der Waals surface area contributed by atoms with Gasteiger partial charge in [-0.1, -0.05) is 6.92 Å². The molecule has 0 aliphatic rings. The molecule has 1 aromatic heterocycles. The fourth-order valence-corrected chi connectivity index (χ4v) is 1.87. The summed E-state index contributed by atoms with van der Waals surface area (Å²) in [5.74, 6) is -0.819. The quantitative estimate of drug-likeness (QED) is 0.818. The molecule has 0 fully saturated rings. The molecule has 2 N–H and O–H groups in total. The van der Waals surface area contributed by atoms with E-state index in [-0.39, 0.29) is 5.91 Å². The first-order chi connectivity index (χ1) is 7.58. The van der Waals surface area contributed by atoms with E-state index in [1.807, 2.05) is 0 Å². The van der Waals surface area contributed by atoms with Gasteiger partial charge in [0.25, 0.3) is 5.91 Å². The maximum atomic E-state index is 11.6. The van der Waals surface area contributed by atoms with Gasteiger partial charge in [-0.25, -0.2) is 4.79 Å². The van der Waals surface area contributed by atoms with E-state index in [4.69, 9.17) is 9.84 Å². The lowest BCUT2D eigenvalue weighted by atomic mass is 10.2. The zero-order valence-electron chi connectivity index (χ0n) is 9.02. The molecule has 0 aromatic carbocycles. The SMILES string of the molecule is CC[C@@H](NC(=O)c1cc(OC)cs1)C(=O)O. The number of carboxylic acid groups (broad SMARTS) is 1. The Bertz CT molecular complexity index is 388. The van der Waals surface area contributed by atoms with Crippen molar-refractivity contribution < 1.29 is 19.4 Å². The smallest absolute Gasteiger partial charge is 0.326 e. The standard InChI is InChI=1S/C10H13NO4S/c1-3-7(10(13)14)11-9(12)8-4-6(15-2)5-16-8/h4-5,7H,3H2,1-2H3,(H,11,12)(H,13,14)/t7-/m1/s1. The monoisotopic (exact) mass is 243 g/mol. The molecule has 6 heteroatoms. The van der Waals surface area contributed by atoms with Crippen molar-refractivity contribution in [2.24, 2.45) is 0 Å². The lowest BCUT2D eigenvalue weighted by molar-refractivity contribution is -0.139. The van der Waals surface area contributed by atoms with Crippen molar-refractivity contribution >= 4 is 23.2 Å². The number of hydrogen-bond donors (Lipinski definition) is 2. The van der Waals surface area contributed by atoms with Crippen molar-refractivity contribution in [3.8, 4) is 5.75 Å². The predicted octanol–water partition coefficient (Wildman–Crippen LogP) is 1.35. The normalized spacial score (nSPS) is 11.9. The third-order valence-corrected chi connectivity index (χ3v) is 2.95. The number of thiophene rings is 1. The molecule has 0 aliphatic heterocycles. The fourth-order valence-electron chi connectivity index (χ4n) is 1.11. The molecule has 0 bridgehead atoms. The van der Waals surface area contributed by atoms with Crippen LogP contribution in [-0.2, 0) is 4.79 Å². The van der Waals surface area contributed by atoms with E-state index in [0.717, 1.165) is 0 Å². The number of carbonyl (C=O) groups excluding carboxylic acids is 1. The van der Waals surface area contributed by atoms with Crippen molar-refractivity contribution in [2.45, 2.75) is 19.4 Å². The van der Waals surface area contributed by atoms with Gasteiger partial charge in [-0.15, -0.1) is 11.3 Å². The van der Waals surface area contributed by atoms with E-state index >= 15 is 0 Å². The minimum atomic E-state index is -1.03. The predicted molar refractivity (Wildman–Crippen MR) is 60.1 cm³/mol. The molecule has 1 amide bonds. The molecular formula is C10H13NO4S. The highest BCUT2D eigenvalue weighted by atomic mass is 32.1. The molecule has 0 aliphatic carbocycles. The van der Waals surface area contributed by atoms with Crippen LogP contribution in [0.5, 0.6) is 5.75 Å². The second kappa shape index (κ2) is 5.50. The molecule has 0 saturated heterocycles. The second-order valence-electron chi connectivity index (χ2n) is 3.12. The Kier molecular flexibility index (Phi) is 4.30. The van der Waals surface area contributed by atoms with E-state index in [1.165, 1.54) is 18.4 Å². The van der Waals surface area contributed by atoms with E-state index < -0.39 is 12.0 Å². The van der Waals surface area contributed by atoms with E-state index in [9.17, 15) is 9.59 Å². The van der Waals surface area contributed by atoms with Crippen LogP contribution in [0.3, 0.4) is 0 Å². The van der Waals surface area contributed by atoms with Gasteiger partial charge in [0, 0.05) is 11.4 Å².